The van der Waals surface area contributed by atoms with Crippen molar-refractivity contribution in [3.05, 3.63) is 34.9 Å². The topological polar surface area (TPSA) is 27.0 Å². The molecule has 0 radical (unpaired) electrons. The molecule has 1 saturated carbocycles. The van der Waals surface area contributed by atoms with Crippen molar-refractivity contribution in [2.24, 2.45) is 11.8 Å². The Morgan fingerprint density at radius 1 is 1.38 bits per heavy atom. The van der Waals surface area contributed by atoms with E-state index in [-0.39, 0.29) is 5.41 Å². The molecule has 0 N–H and O–H groups in total. The summed E-state index contributed by atoms with van der Waals surface area (Å²) >= 11 is 0. The lowest BCUT2D eigenvalue weighted by Crippen LogP contribution is -2.58. The third kappa shape index (κ3) is 2.02. The standard InChI is InChI=1S/C19H24N2/c1-13-18-10-16-6-5-15(11-20)9-17(16)19(13,2)7-8-21(18)12-14-3-4-14/h5-6,9,13-14,18H,3-4,7-8,10,12H2,1-2H3/t13-,18-,19-/m1/s1. The Labute approximate surface area is 127 Å². The lowest BCUT2D eigenvalue weighted by Gasteiger charge is -2.54. The van der Waals surface area contributed by atoms with Crippen molar-refractivity contribution in [3.63, 3.8) is 0 Å². The number of benzene rings is 1. The molecule has 2 aliphatic carbocycles. The molecule has 1 saturated heterocycles. The van der Waals surface area contributed by atoms with Gasteiger partial charge in [-0.15, -0.1) is 0 Å². The summed E-state index contributed by atoms with van der Waals surface area (Å²) in [4.78, 5) is 2.77. The molecule has 21 heavy (non-hydrogen) atoms. The molecule has 1 aromatic carbocycles. The van der Waals surface area contributed by atoms with Gasteiger partial charge in [0.15, 0.2) is 0 Å². The van der Waals surface area contributed by atoms with Crippen molar-refractivity contribution >= 4 is 0 Å². The van der Waals surface area contributed by atoms with E-state index < -0.39 is 0 Å². The Morgan fingerprint density at radius 3 is 2.90 bits per heavy atom. The maximum absolute atomic E-state index is 9.20. The molecule has 0 aromatic heterocycles. The van der Waals surface area contributed by atoms with Crippen LogP contribution in [0.15, 0.2) is 18.2 Å². The smallest absolute Gasteiger partial charge is 0.0991 e. The molecule has 4 rings (SSSR count). The first-order valence-electron chi connectivity index (χ1n) is 8.39. The first-order valence-corrected chi connectivity index (χ1v) is 8.39. The van der Waals surface area contributed by atoms with Crippen LogP contribution in [0.25, 0.3) is 0 Å². The highest BCUT2D eigenvalue weighted by molar-refractivity contribution is 5.45. The molecule has 1 aromatic rings. The fourth-order valence-electron chi connectivity index (χ4n) is 4.64. The number of hydrogen-bond acceptors (Lipinski definition) is 2. The van der Waals surface area contributed by atoms with E-state index in [1.54, 1.807) is 0 Å². The van der Waals surface area contributed by atoms with Crippen molar-refractivity contribution in [2.75, 3.05) is 13.1 Å². The van der Waals surface area contributed by atoms with Crippen molar-refractivity contribution in [2.45, 2.75) is 51.0 Å². The van der Waals surface area contributed by atoms with E-state index in [9.17, 15) is 5.26 Å². The minimum Gasteiger partial charge on any atom is -0.299 e. The van der Waals surface area contributed by atoms with Crippen LogP contribution >= 0.6 is 0 Å². The number of piperidine rings is 1. The average Bonchev–Trinajstić information content (AvgIpc) is 3.30. The van der Waals surface area contributed by atoms with Gasteiger partial charge in [0.05, 0.1) is 11.6 Å². The number of fused-ring (bicyclic) bond motifs is 4. The molecular weight excluding hydrogens is 256 g/mol. The molecule has 2 heteroatoms. The van der Waals surface area contributed by atoms with Crippen molar-refractivity contribution in [3.8, 4) is 6.07 Å². The molecule has 2 nitrogen and oxygen atoms in total. The second-order valence-electron chi connectivity index (χ2n) is 7.65. The SMILES string of the molecule is C[C@@H]1[C@H]2Cc3ccc(C#N)cc3[C@]1(C)CCN2CC1CC1. The molecule has 0 spiro atoms. The number of nitriles is 1. The summed E-state index contributed by atoms with van der Waals surface area (Å²) in [5.74, 6) is 1.66. The van der Waals surface area contributed by atoms with Crippen LogP contribution in [0.2, 0.25) is 0 Å². The van der Waals surface area contributed by atoms with Gasteiger partial charge in [-0.3, -0.25) is 4.90 Å². The summed E-state index contributed by atoms with van der Waals surface area (Å²) in [6.45, 7) is 7.42. The molecule has 0 unspecified atom stereocenters. The van der Waals surface area contributed by atoms with Gasteiger partial charge in [0.2, 0.25) is 0 Å². The summed E-state index contributed by atoms with van der Waals surface area (Å²) < 4.78 is 0. The number of nitrogens with zero attached hydrogens (tertiary/aromatic N) is 2. The fourth-order valence-corrected chi connectivity index (χ4v) is 4.64. The predicted octanol–water partition coefficient (Wildman–Crippen LogP) is 3.49. The molecular formula is C19H24N2. The monoisotopic (exact) mass is 280 g/mol. The minimum absolute atomic E-state index is 0.255. The van der Waals surface area contributed by atoms with Crippen LogP contribution in [0.5, 0.6) is 0 Å². The highest BCUT2D eigenvalue weighted by Crippen LogP contribution is 2.49. The van der Waals surface area contributed by atoms with E-state index in [2.05, 4.69) is 36.9 Å². The third-order valence-corrected chi connectivity index (χ3v) is 6.44. The summed E-state index contributed by atoms with van der Waals surface area (Å²) in [5.41, 5.74) is 4.02. The zero-order chi connectivity index (χ0) is 14.6. The Balaban J connectivity index is 1.72. The third-order valence-electron chi connectivity index (χ3n) is 6.44. The van der Waals surface area contributed by atoms with Gasteiger partial charge in [0.25, 0.3) is 0 Å². The Morgan fingerprint density at radius 2 is 2.19 bits per heavy atom. The quantitative estimate of drug-likeness (QED) is 0.829. The molecule has 1 heterocycles. The molecule has 3 atom stereocenters. The minimum atomic E-state index is 0.255. The van der Waals surface area contributed by atoms with E-state index in [4.69, 9.17) is 0 Å². The summed E-state index contributed by atoms with van der Waals surface area (Å²) in [6.07, 6.45) is 5.29. The molecule has 2 fully saturated rings. The van der Waals surface area contributed by atoms with Gasteiger partial charge in [-0.1, -0.05) is 19.9 Å². The molecule has 110 valence electrons. The maximum Gasteiger partial charge on any atom is 0.0991 e. The zero-order valence-corrected chi connectivity index (χ0v) is 13.1. The van der Waals surface area contributed by atoms with E-state index in [1.165, 1.54) is 49.9 Å². The normalized spacial score (nSPS) is 35.1. The number of rotatable bonds is 2. The Hall–Kier alpha value is -1.33. The Kier molecular flexibility index (Phi) is 2.91. The van der Waals surface area contributed by atoms with Crippen LogP contribution in [0.1, 0.15) is 49.8 Å². The molecule has 2 bridgehead atoms. The van der Waals surface area contributed by atoms with Crippen molar-refractivity contribution < 1.29 is 0 Å². The highest BCUT2D eigenvalue weighted by atomic mass is 15.2. The summed E-state index contributed by atoms with van der Waals surface area (Å²) in [7, 11) is 0. The van der Waals surface area contributed by atoms with Crippen molar-refractivity contribution in [1.82, 2.24) is 4.90 Å². The first kappa shape index (κ1) is 13.3. The lowest BCUT2D eigenvalue weighted by atomic mass is 9.59. The second-order valence-corrected chi connectivity index (χ2v) is 7.65. The molecule has 1 aliphatic heterocycles. The first-order chi connectivity index (χ1) is 10.1. The van der Waals surface area contributed by atoms with Crippen LogP contribution in [0.3, 0.4) is 0 Å². The van der Waals surface area contributed by atoms with E-state index in [0.29, 0.717) is 12.0 Å². The van der Waals surface area contributed by atoms with Gasteiger partial charge >= 0.3 is 0 Å². The van der Waals surface area contributed by atoms with Gasteiger partial charge in [0, 0.05) is 12.6 Å². The van der Waals surface area contributed by atoms with Gasteiger partial charge in [-0.25, -0.2) is 0 Å². The lowest BCUT2D eigenvalue weighted by molar-refractivity contribution is 0.0284. The van der Waals surface area contributed by atoms with Gasteiger partial charge in [0.1, 0.15) is 0 Å². The van der Waals surface area contributed by atoms with E-state index in [1.807, 2.05) is 6.07 Å². The van der Waals surface area contributed by atoms with Crippen LogP contribution in [0.4, 0.5) is 0 Å². The molecule has 0 amide bonds. The molecule has 3 aliphatic rings. The number of hydrogen-bond donors (Lipinski definition) is 0. The summed E-state index contributed by atoms with van der Waals surface area (Å²) in [5, 5.41) is 9.20. The second kappa shape index (κ2) is 4.58. The van der Waals surface area contributed by atoms with E-state index >= 15 is 0 Å². The van der Waals surface area contributed by atoms with Gasteiger partial charge < -0.3 is 0 Å². The Bertz CT molecular complexity index is 610. The fraction of sp³-hybridized carbons (Fsp3) is 0.632. The highest BCUT2D eigenvalue weighted by Gasteiger charge is 2.48. The van der Waals surface area contributed by atoms with E-state index in [0.717, 1.165) is 11.5 Å². The average molecular weight is 280 g/mol. The predicted molar refractivity (Wildman–Crippen MR) is 84.1 cm³/mol. The van der Waals surface area contributed by atoms with Crippen LogP contribution < -0.4 is 0 Å². The summed E-state index contributed by atoms with van der Waals surface area (Å²) in [6, 6.07) is 9.39. The van der Waals surface area contributed by atoms with Gasteiger partial charge in [-0.05, 0) is 72.7 Å². The largest absolute Gasteiger partial charge is 0.299 e. The van der Waals surface area contributed by atoms with Crippen LogP contribution in [-0.4, -0.2) is 24.0 Å². The number of likely N-dealkylation sites (tertiary alicyclic amines) is 1. The van der Waals surface area contributed by atoms with Crippen LogP contribution in [-0.2, 0) is 11.8 Å². The van der Waals surface area contributed by atoms with Crippen molar-refractivity contribution in [1.29, 1.82) is 5.26 Å². The maximum atomic E-state index is 9.20. The van der Waals surface area contributed by atoms with Gasteiger partial charge in [-0.2, -0.15) is 5.26 Å². The zero-order valence-electron chi connectivity index (χ0n) is 13.1. The van der Waals surface area contributed by atoms with Crippen LogP contribution in [0, 0.1) is 23.2 Å².